The molecule has 84 valence electrons. The van der Waals surface area contributed by atoms with Crippen LogP contribution in [-0.2, 0) is 6.54 Å². The van der Waals surface area contributed by atoms with E-state index in [1.54, 1.807) is 0 Å². The number of aliphatic hydroxyl groups is 2. The van der Waals surface area contributed by atoms with E-state index >= 15 is 0 Å². The summed E-state index contributed by atoms with van der Waals surface area (Å²) in [5, 5.41) is 17.8. The molecule has 0 amide bonds. The highest BCUT2D eigenvalue weighted by atomic mass is 79.9. The largest absolute Gasteiger partial charge is 0.395 e. The van der Waals surface area contributed by atoms with Gasteiger partial charge in [-0.25, -0.2) is 0 Å². The maximum atomic E-state index is 8.88. The first-order valence-corrected chi connectivity index (χ1v) is 5.74. The summed E-state index contributed by atoms with van der Waals surface area (Å²) in [7, 11) is 0. The molecule has 0 aliphatic rings. The van der Waals surface area contributed by atoms with Crippen molar-refractivity contribution in [2.45, 2.75) is 6.54 Å². The second kappa shape index (κ2) is 6.95. The van der Waals surface area contributed by atoms with Crippen molar-refractivity contribution in [3.63, 3.8) is 0 Å². The zero-order valence-corrected chi connectivity index (χ0v) is 10.2. The fourth-order valence-electron chi connectivity index (χ4n) is 1.42. The summed E-state index contributed by atoms with van der Waals surface area (Å²) in [5.74, 6) is 0. The fourth-order valence-corrected chi connectivity index (χ4v) is 1.83. The van der Waals surface area contributed by atoms with E-state index in [0.29, 0.717) is 13.1 Å². The molecule has 0 saturated carbocycles. The molecule has 0 aliphatic carbocycles. The van der Waals surface area contributed by atoms with Crippen LogP contribution >= 0.6 is 15.9 Å². The van der Waals surface area contributed by atoms with Crippen molar-refractivity contribution in [3.8, 4) is 0 Å². The van der Waals surface area contributed by atoms with E-state index in [1.807, 2.05) is 29.2 Å². The zero-order valence-electron chi connectivity index (χ0n) is 8.56. The Bertz CT molecular complexity index is 288. The second-order valence-electron chi connectivity index (χ2n) is 3.31. The number of rotatable bonds is 6. The Morgan fingerprint density at radius 3 is 2.20 bits per heavy atom. The Kier molecular flexibility index (Phi) is 5.86. The summed E-state index contributed by atoms with van der Waals surface area (Å²) in [4.78, 5) is 2.01. The van der Waals surface area contributed by atoms with E-state index in [2.05, 4.69) is 15.9 Å². The van der Waals surface area contributed by atoms with Gasteiger partial charge in [-0.15, -0.1) is 0 Å². The van der Waals surface area contributed by atoms with Gasteiger partial charge >= 0.3 is 0 Å². The molecular weight excluding hydrogens is 258 g/mol. The number of benzene rings is 1. The predicted molar refractivity (Wildman–Crippen MR) is 63.6 cm³/mol. The van der Waals surface area contributed by atoms with Crippen LogP contribution in [0.1, 0.15) is 5.56 Å². The highest BCUT2D eigenvalue weighted by Gasteiger charge is 2.06. The molecule has 0 unspecified atom stereocenters. The lowest BCUT2D eigenvalue weighted by Crippen LogP contribution is -2.29. The summed E-state index contributed by atoms with van der Waals surface area (Å²) < 4.78 is 1.06. The van der Waals surface area contributed by atoms with Crippen molar-refractivity contribution in [1.82, 2.24) is 4.90 Å². The van der Waals surface area contributed by atoms with Crippen LogP contribution in [0.5, 0.6) is 0 Å². The van der Waals surface area contributed by atoms with Crippen LogP contribution < -0.4 is 0 Å². The van der Waals surface area contributed by atoms with Gasteiger partial charge in [0.1, 0.15) is 0 Å². The normalized spacial score (nSPS) is 10.9. The second-order valence-corrected chi connectivity index (χ2v) is 4.17. The molecule has 0 saturated heterocycles. The lowest BCUT2D eigenvalue weighted by molar-refractivity contribution is 0.155. The molecule has 15 heavy (non-hydrogen) atoms. The smallest absolute Gasteiger partial charge is 0.0558 e. The lowest BCUT2D eigenvalue weighted by Gasteiger charge is -2.20. The average molecular weight is 274 g/mol. The summed E-state index contributed by atoms with van der Waals surface area (Å²) in [6.45, 7) is 2.14. The first-order chi connectivity index (χ1) is 7.27. The van der Waals surface area contributed by atoms with E-state index in [9.17, 15) is 0 Å². The number of hydrogen-bond donors (Lipinski definition) is 2. The zero-order chi connectivity index (χ0) is 11.1. The molecule has 1 aromatic rings. The van der Waals surface area contributed by atoms with Crippen LogP contribution in [0.15, 0.2) is 28.7 Å². The molecular formula is C11H16BrNO2. The van der Waals surface area contributed by atoms with Crippen molar-refractivity contribution >= 4 is 15.9 Å². The topological polar surface area (TPSA) is 43.7 Å². The first-order valence-electron chi connectivity index (χ1n) is 4.95. The highest BCUT2D eigenvalue weighted by molar-refractivity contribution is 9.10. The van der Waals surface area contributed by atoms with Gasteiger partial charge < -0.3 is 10.2 Å². The van der Waals surface area contributed by atoms with Gasteiger partial charge in [-0.1, -0.05) is 34.1 Å². The van der Waals surface area contributed by atoms with Crippen molar-refractivity contribution in [1.29, 1.82) is 0 Å². The maximum Gasteiger partial charge on any atom is 0.0558 e. The summed E-state index contributed by atoms with van der Waals surface area (Å²) in [5.41, 5.74) is 1.17. The van der Waals surface area contributed by atoms with Crippen LogP contribution in [-0.4, -0.2) is 41.4 Å². The van der Waals surface area contributed by atoms with Gasteiger partial charge in [0.2, 0.25) is 0 Å². The standard InChI is InChI=1S/C11H16BrNO2/c12-11-4-2-1-3-10(11)9-13(5-7-14)6-8-15/h1-4,14-15H,5-9H2. The number of aliphatic hydroxyl groups excluding tert-OH is 2. The summed E-state index contributed by atoms with van der Waals surface area (Å²) in [6, 6.07) is 7.98. The molecule has 4 heteroatoms. The Morgan fingerprint density at radius 2 is 1.67 bits per heavy atom. The molecule has 0 atom stereocenters. The summed E-state index contributed by atoms with van der Waals surface area (Å²) in [6.07, 6.45) is 0. The predicted octanol–water partition coefficient (Wildman–Crippen LogP) is 1.24. The van der Waals surface area contributed by atoms with E-state index < -0.39 is 0 Å². The minimum absolute atomic E-state index is 0.116. The van der Waals surface area contributed by atoms with Crippen molar-refractivity contribution in [3.05, 3.63) is 34.3 Å². The Labute approximate surface area is 98.5 Å². The SMILES string of the molecule is OCCN(CCO)Cc1ccccc1Br. The van der Waals surface area contributed by atoms with E-state index in [-0.39, 0.29) is 13.2 Å². The van der Waals surface area contributed by atoms with E-state index in [4.69, 9.17) is 10.2 Å². The minimum atomic E-state index is 0.116. The monoisotopic (exact) mass is 273 g/mol. The fraction of sp³-hybridized carbons (Fsp3) is 0.455. The minimum Gasteiger partial charge on any atom is -0.395 e. The van der Waals surface area contributed by atoms with E-state index in [0.717, 1.165) is 11.0 Å². The Hall–Kier alpha value is -0.420. The number of halogens is 1. The quantitative estimate of drug-likeness (QED) is 0.820. The van der Waals surface area contributed by atoms with Gasteiger partial charge in [0.05, 0.1) is 13.2 Å². The van der Waals surface area contributed by atoms with Gasteiger partial charge in [0.25, 0.3) is 0 Å². The first kappa shape index (κ1) is 12.6. The molecule has 0 spiro atoms. The van der Waals surface area contributed by atoms with Crippen LogP contribution in [0.4, 0.5) is 0 Å². The van der Waals surface area contributed by atoms with Gasteiger partial charge in [0.15, 0.2) is 0 Å². The molecule has 1 aromatic carbocycles. The molecule has 0 fully saturated rings. The maximum absolute atomic E-state index is 8.88. The average Bonchev–Trinajstić information content (AvgIpc) is 2.22. The molecule has 2 N–H and O–H groups in total. The van der Waals surface area contributed by atoms with Crippen LogP contribution in [0.25, 0.3) is 0 Å². The molecule has 3 nitrogen and oxygen atoms in total. The third-order valence-electron chi connectivity index (χ3n) is 2.18. The number of hydrogen-bond acceptors (Lipinski definition) is 3. The molecule has 1 rings (SSSR count). The molecule has 0 aromatic heterocycles. The molecule has 0 radical (unpaired) electrons. The van der Waals surface area contributed by atoms with Gasteiger partial charge in [0, 0.05) is 24.1 Å². The third-order valence-corrected chi connectivity index (χ3v) is 2.96. The Balaban J connectivity index is 2.60. The van der Waals surface area contributed by atoms with Crippen molar-refractivity contribution < 1.29 is 10.2 Å². The van der Waals surface area contributed by atoms with Crippen molar-refractivity contribution in [2.75, 3.05) is 26.3 Å². The summed E-state index contributed by atoms with van der Waals surface area (Å²) >= 11 is 3.48. The van der Waals surface area contributed by atoms with Crippen LogP contribution in [0.2, 0.25) is 0 Å². The van der Waals surface area contributed by atoms with Gasteiger partial charge in [-0.05, 0) is 11.6 Å². The van der Waals surface area contributed by atoms with Crippen LogP contribution in [0, 0.1) is 0 Å². The van der Waals surface area contributed by atoms with E-state index in [1.165, 1.54) is 5.56 Å². The molecule has 0 aliphatic heterocycles. The lowest BCUT2D eigenvalue weighted by atomic mass is 10.2. The third kappa shape index (κ3) is 4.30. The molecule has 0 heterocycles. The number of nitrogens with zero attached hydrogens (tertiary/aromatic N) is 1. The van der Waals surface area contributed by atoms with Gasteiger partial charge in [-0.2, -0.15) is 0 Å². The van der Waals surface area contributed by atoms with Crippen LogP contribution in [0.3, 0.4) is 0 Å². The van der Waals surface area contributed by atoms with Crippen molar-refractivity contribution in [2.24, 2.45) is 0 Å². The highest BCUT2D eigenvalue weighted by Crippen LogP contribution is 2.17. The van der Waals surface area contributed by atoms with Gasteiger partial charge in [-0.3, -0.25) is 4.90 Å². The Morgan fingerprint density at radius 1 is 1.07 bits per heavy atom. The molecule has 0 bridgehead atoms.